The number of amides is 1. The molecule has 1 aromatic carbocycles. The fourth-order valence-electron chi connectivity index (χ4n) is 2.53. The highest BCUT2D eigenvalue weighted by Gasteiger charge is 2.38. The van der Waals surface area contributed by atoms with Crippen LogP contribution in [0.3, 0.4) is 0 Å². The summed E-state index contributed by atoms with van der Waals surface area (Å²) in [4.78, 5) is 22.5. The number of nitrogens with zero attached hydrogens (tertiary/aromatic N) is 1. The number of carboxylic acids is 1. The van der Waals surface area contributed by atoms with E-state index >= 15 is 0 Å². The van der Waals surface area contributed by atoms with Gasteiger partial charge in [-0.2, -0.15) is 26.3 Å². The van der Waals surface area contributed by atoms with Crippen LogP contribution in [0, 0.1) is 0 Å². The molecule has 0 unspecified atom stereocenters. The van der Waals surface area contributed by atoms with E-state index in [1.807, 2.05) is 0 Å². The van der Waals surface area contributed by atoms with Crippen LogP contribution in [-0.2, 0) is 15.8 Å². The van der Waals surface area contributed by atoms with E-state index in [0.717, 1.165) is 12.1 Å². The van der Waals surface area contributed by atoms with Crippen LogP contribution >= 0.6 is 0 Å². The predicted octanol–water partition coefficient (Wildman–Crippen LogP) is 3.34. The molecule has 1 heterocycles. The Kier molecular flexibility index (Phi) is 8.01. The molecule has 0 spiro atoms. The van der Waals surface area contributed by atoms with Gasteiger partial charge in [-0.05, 0) is 24.1 Å². The molecular weight excluding hydrogens is 413 g/mol. The lowest BCUT2D eigenvalue weighted by molar-refractivity contribution is -0.192. The highest BCUT2D eigenvalue weighted by Crippen LogP contribution is 2.30. The van der Waals surface area contributed by atoms with Gasteiger partial charge in [0.25, 0.3) is 0 Å². The number of halogens is 7. The molecular formula is C17H19F7N2O3. The summed E-state index contributed by atoms with van der Waals surface area (Å²) < 4.78 is 82.5. The molecule has 5 nitrogen and oxygen atoms in total. The van der Waals surface area contributed by atoms with Gasteiger partial charge in [-0.3, -0.25) is 4.79 Å². The van der Waals surface area contributed by atoms with E-state index in [9.17, 15) is 35.5 Å². The second-order valence-corrected chi connectivity index (χ2v) is 6.41. The van der Waals surface area contributed by atoms with Crippen molar-refractivity contribution in [1.29, 1.82) is 0 Å². The molecule has 1 aliphatic heterocycles. The largest absolute Gasteiger partial charge is 0.490 e. The van der Waals surface area contributed by atoms with Crippen molar-refractivity contribution in [2.75, 3.05) is 13.1 Å². The van der Waals surface area contributed by atoms with Crippen LogP contribution in [0.4, 0.5) is 30.7 Å². The fraction of sp³-hybridized carbons (Fsp3) is 0.529. The number of hydrogen-bond acceptors (Lipinski definition) is 3. The number of benzene rings is 1. The summed E-state index contributed by atoms with van der Waals surface area (Å²) in [5.74, 6) is -3.58. The molecule has 0 bridgehead atoms. The number of likely N-dealkylation sites (tertiary alicyclic amines) is 1. The molecule has 0 aromatic heterocycles. The summed E-state index contributed by atoms with van der Waals surface area (Å²) in [5, 5.41) is 7.12. The molecule has 0 saturated carbocycles. The molecule has 1 amide bonds. The van der Waals surface area contributed by atoms with Crippen LogP contribution in [0.5, 0.6) is 0 Å². The molecule has 1 aliphatic rings. The number of rotatable bonds is 3. The third-order valence-corrected chi connectivity index (χ3v) is 4.27. The molecule has 1 fully saturated rings. The number of carbonyl (C=O) groups excluding carboxylic acids is 1. The van der Waals surface area contributed by atoms with E-state index in [4.69, 9.17) is 15.6 Å². The molecule has 1 aromatic rings. The van der Waals surface area contributed by atoms with Crippen LogP contribution in [0.15, 0.2) is 24.3 Å². The van der Waals surface area contributed by atoms with Crippen LogP contribution in [0.25, 0.3) is 0 Å². The lowest BCUT2D eigenvalue weighted by atomic mass is 9.92. The van der Waals surface area contributed by atoms with Crippen LogP contribution in [0.1, 0.15) is 30.4 Å². The third-order valence-electron chi connectivity index (χ3n) is 4.27. The number of carbonyl (C=O) groups is 2. The molecule has 2 rings (SSSR count). The number of alkyl halides is 7. The Bertz CT molecular complexity index is 704. The Hall–Kier alpha value is -2.37. The van der Waals surface area contributed by atoms with E-state index in [0.29, 0.717) is 18.5 Å². The summed E-state index contributed by atoms with van der Waals surface area (Å²) in [6, 6.07) is 3.68. The fourth-order valence-corrected chi connectivity index (χ4v) is 2.53. The molecule has 0 aliphatic carbocycles. The first-order chi connectivity index (χ1) is 13.1. The van der Waals surface area contributed by atoms with Crippen molar-refractivity contribution in [1.82, 2.24) is 4.90 Å². The minimum Gasteiger partial charge on any atom is -0.475 e. The second kappa shape index (κ2) is 9.42. The van der Waals surface area contributed by atoms with Gasteiger partial charge in [0.2, 0.25) is 5.91 Å². The Balaban J connectivity index is 0.000000516. The first-order valence-electron chi connectivity index (χ1n) is 8.30. The molecule has 3 N–H and O–H groups in total. The average molecular weight is 432 g/mol. The van der Waals surface area contributed by atoms with Gasteiger partial charge in [0.1, 0.15) is 6.17 Å². The van der Waals surface area contributed by atoms with E-state index in [-0.39, 0.29) is 12.5 Å². The normalized spacial score (nSPS) is 19.2. The lowest BCUT2D eigenvalue weighted by Gasteiger charge is -2.25. The molecule has 164 valence electrons. The van der Waals surface area contributed by atoms with Crippen molar-refractivity contribution >= 4 is 11.9 Å². The van der Waals surface area contributed by atoms with Gasteiger partial charge in [0.15, 0.2) is 0 Å². The topological polar surface area (TPSA) is 83.6 Å². The maximum atomic E-state index is 13.1. The Morgan fingerprint density at radius 1 is 1.14 bits per heavy atom. The Morgan fingerprint density at radius 2 is 1.62 bits per heavy atom. The first-order valence-corrected chi connectivity index (χ1v) is 8.30. The number of carboxylic acid groups (broad SMARTS) is 1. The number of aliphatic carboxylic acids is 1. The molecule has 12 heteroatoms. The first kappa shape index (κ1) is 24.7. The quantitative estimate of drug-likeness (QED) is 0.718. The highest BCUT2D eigenvalue weighted by molar-refractivity contribution is 5.83. The van der Waals surface area contributed by atoms with Gasteiger partial charge in [0, 0.05) is 12.5 Å². The van der Waals surface area contributed by atoms with Crippen molar-refractivity contribution in [3.63, 3.8) is 0 Å². The SMILES string of the molecule is C[C@@H](c1ccc(C(F)(F)F)cc1)[C@H](N)C(=O)N1CC[C@H](F)C1.O=C(O)C(F)(F)F. The zero-order valence-electron chi connectivity index (χ0n) is 15.1. The number of nitrogens with two attached hydrogens (primary N) is 1. The van der Waals surface area contributed by atoms with Gasteiger partial charge >= 0.3 is 18.3 Å². The zero-order chi connectivity index (χ0) is 22.6. The monoisotopic (exact) mass is 432 g/mol. The predicted molar refractivity (Wildman–Crippen MR) is 87.6 cm³/mol. The van der Waals surface area contributed by atoms with E-state index in [1.165, 1.54) is 17.0 Å². The van der Waals surface area contributed by atoms with Crippen molar-refractivity contribution in [3.05, 3.63) is 35.4 Å². The number of hydrogen-bond donors (Lipinski definition) is 2. The zero-order valence-corrected chi connectivity index (χ0v) is 15.1. The van der Waals surface area contributed by atoms with Gasteiger partial charge < -0.3 is 15.7 Å². The minimum atomic E-state index is -5.08. The maximum Gasteiger partial charge on any atom is 0.490 e. The van der Waals surface area contributed by atoms with E-state index in [2.05, 4.69) is 0 Å². The molecule has 0 radical (unpaired) electrons. The van der Waals surface area contributed by atoms with E-state index in [1.54, 1.807) is 6.92 Å². The van der Waals surface area contributed by atoms with Crippen LogP contribution in [0.2, 0.25) is 0 Å². The summed E-state index contributed by atoms with van der Waals surface area (Å²) >= 11 is 0. The van der Waals surface area contributed by atoms with Crippen LogP contribution < -0.4 is 5.73 Å². The van der Waals surface area contributed by atoms with Crippen molar-refractivity contribution in [2.24, 2.45) is 5.73 Å². The summed E-state index contributed by atoms with van der Waals surface area (Å²) in [5.41, 5.74) is 5.71. The second-order valence-electron chi connectivity index (χ2n) is 6.41. The smallest absolute Gasteiger partial charge is 0.475 e. The average Bonchev–Trinajstić information content (AvgIpc) is 3.05. The van der Waals surface area contributed by atoms with Crippen molar-refractivity contribution < 1.29 is 45.4 Å². The van der Waals surface area contributed by atoms with Gasteiger partial charge in [-0.25, -0.2) is 9.18 Å². The summed E-state index contributed by atoms with van der Waals surface area (Å²) in [7, 11) is 0. The van der Waals surface area contributed by atoms with Crippen molar-refractivity contribution in [3.8, 4) is 0 Å². The lowest BCUT2D eigenvalue weighted by Crippen LogP contribution is -2.45. The van der Waals surface area contributed by atoms with E-state index < -0.39 is 42.0 Å². The maximum absolute atomic E-state index is 13.1. The minimum absolute atomic E-state index is 0.0340. The molecule has 1 saturated heterocycles. The summed E-state index contributed by atoms with van der Waals surface area (Å²) in [6.07, 6.45) is -10.2. The highest BCUT2D eigenvalue weighted by atomic mass is 19.4. The van der Waals surface area contributed by atoms with Gasteiger partial charge in [0.05, 0.1) is 18.2 Å². The molecule has 3 atom stereocenters. The van der Waals surface area contributed by atoms with Crippen LogP contribution in [-0.4, -0.2) is 53.4 Å². The third kappa shape index (κ3) is 7.18. The van der Waals surface area contributed by atoms with Gasteiger partial charge in [-0.15, -0.1) is 0 Å². The van der Waals surface area contributed by atoms with Gasteiger partial charge in [-0.1, -0.05) is 19.1 Å². The Labute approximate surface area is 161 Å². The standard InChI is InChI=1S/C15H18F4N2O.C2HF3O2/c1-9(10-2-4-11(5-3-10)15(17,18)19)13(20)14(22)21-7-6-12(16)8-21;3-2(4,5)1(6)7/h2-5,9,12-13H,6-8,20H2,1H3;(H,6,7)/t9-,12-,13-;/m0./s1. The Morgan fingerprint density at radius 3 is 1.97 bits per heavy atom. The molecule has 29 heavy (non-hydrogen) atoms. The summed E-state index contributed by atoms with van der Waals surface area (Å²) in [6.45, 7) is 2.04. The van der Waals surface area contributed by atoms with Crippen molar-refractivity contribution in [2.45, 2.75) is 43.8 Å².